The molecule has 2 aromatic heterocycles. The molecule has 0 spiro atoms. The fraction of sp³-hybridized carbons (Fsp3) is 0.190. The molecular weight excluding hydrogens is 370 g/mol. The molecule has 1 fully saturated rings. The SMILES string of the molecule is CC[C@]1(C)NC(=O)N(NC(=O)c2cc(-c3ccncc3)nc3ccccc23)C1=O. The van der Waals surface area contributed by atoms with Crippen LogP contribution in [0.4, 0.5) is 4.79 Å². The first-order valence-corrected chi connectivity index (χ1v) is 9.21. The van der Waals surface area contributed by atoms with Gasteiger partial charge in [0.1, 0.15) is 5.54 Å². The zero-order chi connectivity index (χ0) is 20.6. The number of aromatic nitrogens is 2. The van der Waals surface area contributed by atoms with Crippen LogP contribution in [0.15, 0.2) is 54.9 Å². The van der Waals surface area contributed by atoms with Gasteiger partial charge in [-0.1, -0.05) is 25.1 Å². The Bertz CT molecular complexity index is 1130. The van der Waals surface area contributed by atoms with Crippen molar-refractivity contribution in [2.45, 2.75) is 25.8 Å². The minimum Gasteiger partial charge on any atom is -0.322 e. The van der Waals surface area contributed by atoms with Gasteiger partial charge in [-0.15, -0.1) is 0 Å². The zero-order valence-corrected chi connectivity index (χ0v) is 16.0. The Labute approximate surface area is 166 Å². The Morgan fingerprint density at radius 3 is 2.59 bits per heavy atom. The van der Waals surface area contributed by atoms with E-state index in [2.05, 4.69) is 20.7 Å². The van der Waals surface area contributed by atoms with Crippen LogP contribution in [0.3, 0.4) is 0 Å². The maximum Gasteiger partial charge on any atom is 0.344 e. The third kappa shape index (κ3) is 3.18. The lowest BCUT2D eigenvalue weighted by Gasteiger charge is -2.19. The molecule has 0 aliphatic carbocycles. The van der Waals surface area contributed by atoms with Crippen molar-refractivity contribution in [2.75, 3.05) is 0 Å². The van der Waals surface area contributed by atoms with Crippen LogP contribution in [0.5, 0.6) is 0 Å². The third-order valence-electron chi connectivity index (χ3n) is 5.12. The fourth-order valence-corrected chi connectivity index (χ4v) is 3.22. The van der Waals surface area contributed by atoms with Gasteiger partial charge in [0.15, 0.2) is 0 Å². The lowest BCUT2D eigenvalue weighted by atomic mass is 10.00. The highest BCUT2D eigenvalue weighted by Crippen LogP contribution is 2.25. The highest BCUT2D eigenvalue weighted by molar-refractivity contribution is 6.12. The predicted molar refractivity (Wildman–Crippen MR) is 107 cm³/mol. The summed E-state index contributed by atoms with van der Waals surface area (Å²) in [6.07, 6.45) is 3.70. The van der Waals surface area contributed by atoms with E-state index in [1.54, 1.807) is 62.6 Å². The molecule has 29 heavy (non-hydrogen) atoms. The molecule has 3 aromatic rings. The first-order chi connectivity index (χ1) is 13.9. The van der Waals surface area contributed by atoms with Crippen molar-refractivity contribution in [1.29, 1.82) is 0 Å². The molecule has 0 bridgehead atoms. The molecule has 1 saturated heterocycles. The molecular formula is C21H19N5O3. The quantitative estimate of drug-likeness (QED) is 0.668. The van der Waals surface area contributed by atoms with Crippen LogP contribution in [0.25, 0.3) is 22.2 Å². The minimum atomic E-state index is -1.03. The average molecular weight is 389 g/mol. The minimum absolute atomic E-state index is 0.313. The summed E-state index contributed by atoms with van der Waals surface area (Å²) in [6, 6.07) is 11.8. The van der Waals surface area contributed by atoms with Gasteiger partial charge in [0.05, 0.1) is 16.8 Å². The number of nitrogens with one attached hydrogen (secondary N) is 2. The molecule has 1 aliphatic heterocycles. The van der Waals surface area contributed by atoms with E-state index < -0.39 is 23.4 Å². The largest absolute Gasteiger partial charge is 0.344 e. The maximum absolute atomic E-state index is 13.1. The summed E-state index contributed by atoms with van der Waals surface area (Å²) in [7, 11) is 0. The van der Waals surface area contributed by atoms with Gasteiger partial charge in [0.25, 0.3) is 11.8 Å². The third-order valence-corrected chi connectivity index (χ3v) is 5.12. The van der Waals surface area contributed by atoms with Gasteiger partial charge in [0.2, 0.25) is 0 Å². The molecule has 1 atom stereocenters. The number of hydrogen-bond donors (Lipinski definition) is 2. The van der Waals surface area contributed by atoms with Gasteiger partial charge >= 0.3 is 6.03 Å². The normalized spacial score (nSPS) is 18.8. The van der Waals surface area contributed by atoms with Gasteiger partial charge in [-0.25, -0.2) is 9.78 Å². The van der Waals surface area contributed by atoms with Crippen LogP contribution in [-0.2, 0) is 4.79 Å². The summed E-state index contributed by atoms with van der Waals surface area (Å²) in [6.45, 7) is 3.42. The molecule has 0 unspecified atom stereocenters. The number of fused-ring (bicyclic) bond motifs is 1. The second-order valence-electron chi connectivity index (χ2n) is 7.01. The van der Waals surface area contributed by atoms with Gasteiger partial charge in [-0.3, -0.25) is 20.0 Å². The van der Waals surface area contributed by atoms with Crippen molar-refractivity contribution < 1.29 is 14.4 Å². The number of imide groups is 1. The van der Waals surface area contributed by atoms with Crippen LogP contribution >= 0.6 is 0 Å². The second-order valence-corrected chi connectivity index (χ2v) is 7.01. The number of rotatable bonds is 4. The topological polar surface area (TPSA) is 104 Å². The summed E-state index contributed by atoms with van der Waals surface area (Å²) >= 11 is 0. The summed E-state index contributed by atoms with van der Waals surface area (Å²) in [5.74, 6) is -1.06. The van der Waals surface area contributed by atoms with E-state index in [0.29, 0.717) is 28.6 Å². The van der Waals surface area contributed by atoms with Gasteiger partial charge < -0.3 is 5.32 Å². The van der Waals surface area contributed by atoms with E-state index in [4.69, 9.17) is 0 Å². The number of carbonyl (C=O) groups is 3. The average Bonchev–Trinajstić information content (AvgIpc) is 2.97. The Kier molecular flexibility index (Phi) is 4.46. The number of pyridine rings is 2. The molecule has 0 saturated carbocycles. The van der Waals surface area contributed by atoms with Crippen LogP contribution in [0.1, 0.15) is 30.6 Å². The molecule has 2 N–H and O–H groups in total. The van der Waals surface area contributed by atoms with Crippen LogP contribution in [0, 0.1) is 0 Å². The van der Waals surface area contributed by atoms with E-state index in [-0.39, 0.29) is 0 Å². The van der Waals surface area contributed by atoms with E-state index in [0.717, 1.165) is 10.6 Å². The molecule has 4 amide bonds. The lowest BCUT2D eigenvalue weighted by molar-refractivity contribution is -0.132. The van der Waals surface area contributed by atoms with Gasteiger partial charge in [-0.05, 0) is 37.6 Å². The van der Waals surface area contributed by atoms with Crippen LogP contribution < -0.4 is 10.7 Å². The standard InChI is InChI=1S/C21H19N5O3/c1-3-21(2)19(28)26(20(29)24-21)25-18(27)15-12-17(13-8-10-22-11-9-13)23-16-7-5-4-6-14(15)16/h4-12H,3H2,1-2H3,(H,24,29)(H,25,27)/t21-/m0/s1. The van der Waals surface area contributed by atoms with Crippen molar-refractivity contribution in [3.8, 4) is 11.3 Å². The van der Waals surface area contributed by atoms with Crippen molar-refractivity contribution in [3.05, 3.63) is 60.4 Å². The first-order valence-electron chi connectivity index (χ1n) is 9.21. The molecule has 1 aromatic carbocycles. The number of amides is 4. The highest BCUT2D eigenvalue weighted by Gasteiger charge is 2.47. The molecule has 0 radical (unpaired) electrons. The first kappa shape index (κ1) is 18.5. The smallest absolute Gasteiger partial charge is 0.322 e. The molecule has 3 heterocycles. The van der Waals surface area contributed by atoms with E-state index in [1.165, 1.54) is 0 Å². The van der Waals surface area contributed by atoms with Crippen LogP contribution in [0.2, 0.25) is 0 Å². The number of urea groups is 1. The Balaban J connectivity index is 1.74. The van der Waals surface area contributed by atoms with Gasteiger partial charge in [0, 0.05) is 23.3 Å². The van der Waals surface area contributed by atoms with E-state index in [1.807, 2.05) is 6.07 Å². The molecule has 8 nitrogen and oxygen atoms in total. The number of para-hydroxylation sites is 1. The Morgan fingerprint density at radius 1 is 1.17 bits per heavy atom. The Morgan fingerprint density at radius 2 is 1.90 bits per heavy atom. The van der Waals surface area contributed by atoms with Crippen molar-refractivity contribution in [3.63, 3.8) is 0 Å². The van der Waals surface area contributed by atoms with Crippen molar-refractivity contribution >= 4 is 28.7 Å². The number of hydrazine groups is 1. The van der Waals surface area contributed by atoms with Crippen LogP contribution in [-0.4, -0.2) is 38.4 Å². The second kappa shape index (κ2) is 6.97. The lowest BCUT2D eigenvalue weighted by Crippen LogP contribution is -2.48. The summed E-state index contributed by atoms with van der Waals surface area (Å²) in [5.41, 5.74) is 3.74. The van der Waals surface area contributed by atoms with Crippen molar-refractivity contribution in [1.82, 2.24) is 25.7 Å². The molecule has 1 aliphatic rings. The fourth-order valence-electron chi connectivity index (χ4n) is 3.22. The molecule has 146 valence electrons. The molecule has 8 heteroatoms. The maximum atomic E-state index is 13.1. The summed E-state index contributed by atoms with van der Waals surface area (Å²) in [4.78, 5) is 46.5. The number of hydrogen-bond acceptors (Lipinski definition) is 5. The number of benzene rings is 1. The van der Waals surface area contributed by atoms with Crippen molar-refractivity contribution in [2.24, 2.45) is 0 Å². The predicted octanol–water partition coefficient (Wildman–Crippen LogP) is 2.66. The zero-order valence-electron chi connectivity index (χ0n) is 16.0. The Hall–Kier alpha value is -3.81. The monoisotopic (exact) mass is 389 g/mol. The number of carbonyl (C=O) groups excluding carboxylic acids is 3. The van der Waals surface area contributed by atoms with E-state index in [9.17, 15) is 14.4 Å². The van der Waals surface area contributed by atoms with Gasteiger partial charge in [-0.2, -0.15) is 5.01 Å². The molecule has 4 rings (SSSR count). The van der Waals surface area contributed by atoms with E-state index >= 15 is 0 Å². The summed E-state index contributed by atoms with van der Waals surface area (Å²) in [5, 5.41) is 3.98. The summed E-state index contributed by atoms with van der Waals surface area (Å²) < 4.78 is 0. The highest BCUT2D eigenvalue weighted by atomic mass is 16.2. The number of nitrogens with zero attached hydrogens (tertiary/aromatic N) is 3.